The van der Waals surface area contributed by atoms with Gasteiger partial charge in [0, 0.05) is 42.8 Å². The number of nitrogens with two attached hydrogens (primary N) is 1. The number of carboxylic acids is 1. The molecule has 2 aromatic heterocycles. The number of aryl methyl sites for hydroxylation is 1. The number of hydrogen-bond donors (Lipinski definition) is 4. The Morgan fingerprint density at radius 1 is 1.25 bits per heavy atom. The monoisotopic (exact) mass is 487 g/mol. The minimum absolute atomic E-state index is 0.0107. The van der Waals surface area contributed by atoms with Crippen molar-refractivity contribution in [2.75, 3.05) is 16.8 Å². The molecule has 0 unspecified atom stereocenters. The van der Waals surface area contributed by atoms with Crippen molar-refractivity contribution in [2.24, 2.45) is 12.8 Å². The van der Waals surface area contributed by atoms with E-state index in [0.29, 0.717) is 29.2 Å². The number of amidine groups is 1. The van der Waals surface area contributed by atoms with Crippen molar-refractivity contribution in [3.8, 4) is 0 Å². The number of hydrogen-bond acceptors (Lipinski definition) is 6. The Kier molecular flexibility index (Phi) is 8.71. The van der Waals surface area contributed by atoms with Crippen LogP contribution in [-0.2, 0) is 23.2 Å². The summed E-state index contributed by atoms with van der Waals surface area (Å²) in [5.41, 5.74) is 8.00. The third kappa shape index (κ3) is 6.89. The molecule has 0 bridgehead atoms. The van der Waals surface area contributed by atoms with Gasteiger partial charge in [0.1, 0.15) is 17.5 Å². The standard InChI is InChI=1S/C26H29N7O3/c1-3-6-19(26(36)33(14-12-24(34)35)22-7-4-5-13-29-22)15-21-17-32(2)23(31-21)16-30-20-10-8-18(9-11-20)25(27)28/h3-5,7-11,13,15,17,30H,1,6,12,14,16H2,2H3,(H3,27,28)(H,34,35)/b19-15+. The molecule has 3 rings (SSSR count). The highest BCUT2D eigenvalue weighted by Crippen LogP contribution is 2.19. The van der Waals surface area contributed by atoms with E-state index in [1.54, 1.807) is 48.7 Å². The average molecular weight is 488 g/mol. The molecule has 186 valence electrons. The van der Waals surface area contributed by atoms with E-state index in [9.17, 15) is 9.59 Å². The van der Waals surface area contributed by atoms with Crippen LogP contribution < -0.4 is 16.0 Å². The number of amides is 1. The van der Waals surface area contributed by atoms with Crippen molar-refractivity contribution in [1.82, 2.24) is 14.5 Å². The predicted molar refractivity (Wildman–Crippen MR) is 140 cm³/mol. The number of carboxylic acid groups (broad SMARTS) is 1. The summed E-state index contributed by atoms with van der Waals surface area (Å²) in [6.07, 6.45) is 6.74. The van der Waals surface area contributed by atoms with Gasteiger partial charge in [-0.3, -0.25) is 19.9 Å². The summed E-state index contributed by atoms with van der Waals surface area (Å²) in [5, 5.41) is 19.9. The predicted octanol–water partition coefficient (Wildman–Crippen LogP) is 3.18. The highest BCUT2D eigenvalue weighted by Gasteiger charge is 2.21. The van der Waals surface area contributed by atoms with Crippen LogP contribution >= 0.6 is 0 Å². The highest BCUT2D eigenvalue weighted by molar-refractivity contribution is 6.08. The summed E-state index contributed by atoms with van der Waals surface area (Å²) in [6, 6.07) is 12.3. The van der Waals surface area contributed by atoms with Crippen LogP contribution in [0, 0.1) is 5.41 Å². The van der Waals surface area contributed by atoms with Crippen molar-refractivity contribution in [3.05, 3.63) is 90.2 Å². The van der Waals surface area contributed by atoms with E-state index >= 15 is 0 Å². The Morgan fingerprint density at radius 3 is 2.61 bits per heavy atom. The molecule has 0 aliphatic rings. The molecule has 0 aliphatic heterocycles. The van der Waals surface area contributed by atoms with Gasteiger partial charge < -0.3 is 20.7 Å². The molecule has 2 heterocycles. The number of imidazole rings is 1. The van der Waals surface area contributed by atoms with E-state index in [1.165, 1.54) is 4.90 Å². The second-order valence-electron chi connectivity index (χ2n) is 7.99. The molecule has 1 aromatic carbocycles. The third-order valence-corrected chi connectivity index (χ3v) is 5.32. The zero-order valence-corrected chi connectivity index (χ0v) is 20.0. The van der Waals surface area contributed by atoms with E-state index in [4.69, 9.17) is 16.2 Å². The SMILES string of the molecule is C=CC/C(=C\c1cn(C)c(CNc2ccc(C(=N)N)cc2)n1)C(=O)N(CCC(=O)O)c1ccccn1. The molecule has 0 fully saturated rings. The fraction of sp³-hybridized carbons (Fsp3) is 0.192. The number of nitrogen functional groups attached to an aromatic ring is 1. The number of aliphatic carboxylic acids is 1. The van der Waals surface area contributed by atoms with Crippen LogP contribution in [0.15, 0.2) is 73.1 Å². The number of carbonyl (C=O) groups excluding carboxylic acids is 1. The van der Waals surface area contributed by atoms with Crippen LogP contribution in [0.2, 0.25) is 0 Å². The van der Waals surface area contributed by atoms with Gasteiger partial charge >= 0.3 is 5.97 Å². The molecule has 1 amide bonds. The smallest absolute Gasteiger partial charge is 0.305 e. The molecule has 10 nitrogen and oxygen atoms in total. The number of nitrogens with zero attached hydrogens (tertiary/aromatic N) is 4. The Hall–Kier alpha value is -4.73. The van der Waals surface area contributed by atoms with Gasteiger partial charge in [0.25, 0.3) is 5.91 Å². The largest absolute Gasteiger partial charge is 0.481 e. The lowest BCUT2D eigenvalue weighted by Crippen LogP contribution is -2.34. The molecule has 0 saturated heterocycles. The van der Waals surface area contributed by atoms with Crippen LogP contribution in [0.4, 0.5) is 11.5 Å². The molecule has 0 atom stereocenters. The van der Waals surface area contributed by atoms with Gasteiger partial charge in [-0.15, -0.1) is 6.58 Å². The quantitative estimate of drug-likeness (QED) is 0.133. The van der Waals surface area contributed by atoms with E-state index in [-0.39, 0.29) is 31.1 Å². The first-order chi connectivity index (χ1) is 17.3. The molecule has 0 aliphatic carbocycles. The number of anilines is 2. The van der Waals surface area contributed by atoms with Gasteiger partial charge in [-0.25, -0.2) is 9.97 Å². The Bertz CT molecular complexity index is 1260. The first kappa shape index (κ1) is 25.9. The van der Waals surface area contributed by atoms with E-state index in [2.05, 4.69) is 21.9 Å². The second kappa shape index (κ2) is 12.1. The molecule has 10 heteroatoms. The first-order valence-electron chi connectivity index (χ1n) is 11.2. The van der Waals surface area contributed by atoms with Crippen LogP contribution in [0.1, 0.15) is 29.9 Å². The maximum atomic E-state index is 13.4. The molecule has 0 spiro atoms. The number of rotatable bonds is 12. The van der Waals surface area contributed by atoms with Gasteiger partial charge in [0.05, 0.1) is 18.7 Å². The van der Waals surface area contributed by atoms with Crippen LogP contribution in [0.25, 0.3) is 6.08 Å². The van der Waals surface area contributed by atoms with Crippen molar-refractivity contribution < 1.29 is 14.7 Å². The topological polar surface area (TPSA) is 150 Å². The normalized spacial score (nSPS) is 11.1. The first-order valence-corrected chi connectivity index (χ1v) is 11.2. The fourth-order valence-corrected chi connectivity index (χ4v) is 3.47. The summed E-state index contributed by atoms with van der Waals surface area (Å²) in [7, 11) is 1.86. The molecule has 3 aromatic rings. The zero-order chi connectivity index (χ0) is 26.1. The van der Waals surface area contributed by atoms with Gasteiger partial charge in [0.15, 0.2) is 0 Å². The number of aromatic nitrogens is 3. The maximum absolute atomic E-state index is 13.4. The Morgan fingerprint density at radius 2 is 2.00 bits per heavy atom. The van der Waals surface area contributed by atoms with Crippen LogP contribution in [-0.4, -0.2) is 43.9 Å². The van der Waals surface area contributed by atoms with E-state index < -0.39 is 5.97 Å². The van der Waals surface area contributed by atoms with Gasteiger partial charge in [0.2, 0.25) is 0 Å². The summed E-state index contributed by atoms with van der Waals surface area (Å²) in [5.74, 6) is -0.229. The summed E-state index contributed by atoms with van der Waals surface area (Å²) < 4.78 is 1.86. The molecular formula is C26H29N7O3. The van der Waals surface area contributed by atoms with Crippen LogP contribution in [0.5, 0.6) is 0 Å². The zero-order valence-electron chi connectivity index (χ0n) is 20.0. The summed E-state index contributed by atoms with van der Waals surface area (Å²) >= 11 is 0. The van der Waals surface area contributed by atoms with Crippen molar-refractivity contribution in [2.45, 2.75) is 19.4 Å². The maximum Gasteiger partial charge on any atom is 0.305 e. The number of nitrogens with one attached hydrogen (secondary N) is 2. The van der Waals surface area contributed by atoms with E-state index in [1.807, 2.05) is 29.9 Å². The average Bonchev–Trinajstić information content (AvgIpc) is 3.22. The lowest BCUT2D eigenvalue weighted by atomic mass is 10.1. The van der Waals surface area contributed by atoms with Crippen molar-refractivity contribution in [3.63, 3.8) is 0 Å². The highest BCUT2D eigenvalue weighted by atomic mass is 16.4. The van der Waals surface area contributed by atoms with Gasteiger partial charge in [-0.2, -0.15) is 0 Å². The van der Waals surface area contributed by atoms with E-state index in [0.717, 1.165) is 11.5 Å². The minimum Gasteiger partial charge on any atom is -0.481 e. The third-order valence-electron chi connectivity index (χ3n) is 5.32. The Labute approximate surface area is 209 Å². The number of benzene rings is 1. The molecule has 0 saturated carbocycles. The number of allylic oxidation sites excluding steroid dienone is 1. The molecule has 36 heavy (non-hydrogen) atoms. The lowest BCUT2D eigenvalue weighted by molar-refractivity contribution is -0.136. The lowest BCUT2D eigenvalue weighted by Gasteiger charge is -2.22. The van der Waals surface area contributed by atoms with Gasteiger partial charge in [-0.1, -0.05) is 12.1 Å². The number of carbonyl (C=O) groups is 2. The molecule has 0 radical (unpaired) electrons. The Balaban J connectivity index is 1.81. The summed E-state index contributed by atoms with van der Waals surface area (Å²) in [4.78, 5) is 34.8. The second-order valence-corrected chi connectivity index (χ2v) is 7.99. The number of pyridine rings is 1. The van der Waals surface area contributed by atoms with Crippen molar-refractivity contribution in [1.29, 1.82) is 5.41 Å². The fourth-order valence-electron chi connectivity index (χ4n) is 3.47. The molecule has 5 N–H and O–H groups in total. The summed E-state index contributed by atoms with van der Waals surface area (Å²) in [6.45, 7) is 4.18. The van der Waals surface area contributed by atoms with Crippen LogP contribution in [0.3, 0.4) is 0 Å². The molecular weight excluding hydrogens is 458 g/mol. The van der Waals surface area contributed by atoms with Gasteiger partial charge in [-0.05, 0) is 48.9 Å². The van der Waals surface area contributed by atoms with Crippen molar-refractivity contribution >= 4 is 35.3 Å². The minimum atomic E-state index is -1.00.